The second-order valence-corrected chi connectivity index (χ2v) is 5.19. The largest absolute Gasteiger partial charge is 0.444 e. The van der Waals surface area contributed by atoms with Gasteiger partial charge in [0, 0.05) is 13.0 Å². The van der Waals surface area contributed by atoms with Gasteiger partial charge in [-0.25, -0.2) is 14.5 Å². The molecule has 0 fully saturated rings. The van der Waals surface area contributed by atoms with Crippen LogP contribution < -0.4 is 0 Å². The molecule has 0 aromatic heterocycles. The van der Waals surface area contributed by atoms with Crippen molar-refractivity contribution in [1.82, 2.24) is 4.90 Å². The molecule has 2 aromatic carbocycles. The van der Waals surface area contributed by atoms with Crippen LogP contribution in [0, 0.1) is 12.3 Å². The molecule has 5 nitrogen and oxygen atoms in total. The van der Waals surface area contributed by atoms with Crippen molar-refractivity contribution in [2.45, 2.75) is 19.6 Å². The summed E-state index contributed by atoms with van der Waals surface area (Å²) in [5.74, 6) is 2.40. The third kappa shape index (κ3) is 6.04. The first kappa shape index (κ1) is 18.1. The molecule has 0 saturated heterocycles. The van der Waals surface area contributed by atoms with E-state index in [0.29, 0.717) is 0 Å². The maximum absolute atomic E-state index is 12.2. The molecule has 2 amide bonds. The van der Waals surface area contributed by atoms with E-state index in [0.717, 1.165) is 16.0 Å². The predicted octanol–water partition coefficient (Wildman–Crippen LogP) is 3.99. The lowest BCUT2D eigenvalue weighted by Crippen LogP contribution is -2.38. The summed E-state index contributed by atoms with van der Waals surface area (Å²) in [7, 11) is 0. The number of terminal acetylenes is 1. The molecule has 5 heteroatoms. The third-order valence-corrected chi connectivity index (χ3v) is 3.33. The van der Waals surface area contributed by atoms with Gasteiger partial charge in [-0.05, 0) is 11.1 Å². The van der Waals surface area contributed by atoms with Crippen LogP contribution in [0.2, 0.25) is 0 Å². The van der Waals surface area contributed by atoms with Gasteiger partial charge in [-0.2, -0.15) is 0 Å². The molecule has 25 heavy (non-hydrogen) atoms. The van der Waals surface area contributed by atoms with Gasteiger partial charge in [-0.1, -0.05) is 60.7 Å². The van der Waals surface area contributed by atoms with Crippen LogP contribution in [0.25, 0.3) is 0 Å². The normalized spacial score (nSPS) is 9.72. The Morgan fingerprint density at radius 1 is 0.840 bits per heavy atom. The molecule has 0 radical (unpaired) electrons. The number of benzene rings is 2. The number of imide groups is 1. The second kappa shape index (κ2) is 9.78. The molecule has 0 aliphatic carbocycles. The van der Waals surface area contributed by atoms with Crippen LogP contribution in [0.3, 0.4) is 0 Å². The van der Waals surface area contributed by atoms with Gasteiger partial charge in [0.05, 0.1) is 0 Å². The van der Waals surface area contributed by atoms with E-state index >= 15 is 0 Å². The van der Waals surface area contributed by atoms with E-state index in [1.807, 2.05) is 60.7 Å². The van der Waals surface area contributed by atoms with E-state index in [1.165, 1.54) is 0 Å². The highest BCUT2D eigenvalue weighted by molar-refractivity contribution is 5.87. The average molecular weight is 337 g/mol. The predicted molar refractivity (Wildman–Crippen MR) is 93.4 cm³/mol. The molecular weight excluding hydrogens is 318 g/mol. The van der Waals surface area contributed by atoms with Crippen molar-refractivity contribution in [2.75, 3.05) is 6.54 Å². The van der Waals surface area contributed by atoms with Crippen LogP contribution in [-0.4, -0.2) is 23.6 Å². The van der Waals surface area contributed by atoms with Crippen molar-refractivity contribution < 1.29 is 19.1 Å². The zero-order chi connectivity index (χ0) is 17.9. The molecule has 0 atom stereocenters. The fourth-order valence-corrected chi connectivity index (χ4v) is 2.03. The summed E-state index contributed by atoms with van der Waals surface area (Å²) in [5.41, 5.74) is 1.65. The van der Waals surface area contributed by atoms with Crippen LogP contribution in [0.4, 0.5) is 9.59 Å². The Labute approximate surface area is 147 Å². The standard InChI is InChI=1S/C20H19NO4/c1-2-3-14-21(19(22)24-15-17-10-6-4-7-11-17)20(23)25-16-18-12-8-5-9-13-18/h1,4-13H,3,14-16H2. The number of hydrogen-bond donors (Lipinski definition) is 0. The van der Waals surface area contributed by atoms with Crippen LogP contribution >= 0.6 is 0 Å². The highest BCUT2D eigenvalue weighted by atomic mass is 16.6. The Morgan fingerprint density at radius 3 is 1.68 bits per heavy atom. The molecule has 2 aromatic rings. The smallest absolute Gasteiger partial charge is 0.419 e. The molecular formula is C20H19NO4. The molecule has 0 aliphatic heterocycles. The minimum Gasteiger partial charge on any atom is -0.444 e. The van der Waals surface area contributed by atoms with Crippen LogP contribution in [0.5, 0.6) is 0 Å². The van der Waals surface area contributed by atoms with E-state index in [9.17, 15) is 9.59 Å². The Morgan fingerprint density at radius 2 is 1.28 bits per heavy atom. The fraction of sp³-hybridized carbons (Fsp3) is 0.200. The van der Waals surface area contributed by atoms with Crippen molar-refractivity contribution >= 4 is 12.2 Å². The number of carbonyl (C=O) groups is 2. The van der Waals surface area contributed by atoms with E-state index < -0.39 is 12.2 Å². The van der Waals surface area contributed by atoms with Crippen molar-refractivity contribution in [3.05, 3.63) is 71.8 Å². The van der Waals surface area contributed by atoms with Crippen molar-refractivity contribution in [2.24, 2.45) is 0 Å². The SMILES string of the molecule is C#CCCN(C(=O)OCc1ccccc1)C(=O)OCc1ccccc1. The quantitative estimate of drug-likeness (QED) is 0.748. The van der Waals surface area contributed by atoms with Gasteiger partial charge < -0.3 is 9.47 Å². The highest BCUT2D eigenvalue weighted by Gasteiger charge is 2.24. The summed E-state index contributed by atoms with van der Waals surface area (Å²) in [6.07, 6.45) is 3.89. The molecule has 0 unspecified atom stereocenters. The van der Waals surface area contributed by atoms with Gasteiger partial charge in [0.25, 0.3) is 0 Å². The van der Waals surface area contributed by atoms with Crippen LogP contribution in [0.15, 0.2) is 60.7 Å². The molecule has 0 N–H and O–H groups in total. The summed E-state index contributed by atoms with van der Waals surface area (Å²) < 4.78 is 10.4. The number of ether oxygens (including phenoxy) is 2. The minimum absolute atomic E-state index is 0.0394. The number of amides is 2. The zero-order valence-corrected chi connectivity index (χ0v) is 13.8. The van der Waals surface area contributed by atoms with Crippen LogP contribution in [-0.2, 0) is 22.7 Å². The third-order valence-electron chi connectivity index (χ3n) is 3.33. The van der Waals surface area contributed by atoms with Gasteiger partial charge >= 0.3 is 12.2 Å². The second-order valence-electron chi connectivity index (χ2n) is 5.19. The maximum atomic E-state index is 12.2. The molecule has 2 rings (SSSR count). The zero-order valence-electron chi connectivity index (χ0n) is 13.8. The molecule has 0 saturated carbocycles. The first-order chi connectivity index (χ1) is 12.2. The van der Waals surface area contributed by atoms with Gasteiger partial charge in [0.15, 0.2) is 0 Å². The Bertz CT molecular complexity index is 667. The summed E-state index contributed by atoms with van der Waals surface area (Å²) in [5, 5.41) is 0. The lowest BCUT2D eigenvalue weighted by Gasteiger charge is -2.19. The monoisotopic (exact) mass is 337 g/mol. The van der Waals surface area contributed by atoms with E-state index in [2.05, 4.69) is 5.92 Å². The van der Waals surface area contributed by atoms with Gasteiger partial charge in [-0.15, -0.1) is 12.3 Å². The van der Waals surface area contributed by atoms with Gasteiger partial charge in [0.1, 0.15) is 13.2 Å². The number of rotatable bonds is 6. The number of nitrogens with zero attached hydrogens (tertiary/aromatic N) is 1. The summed E-state index contributed by atoms with van der Waals surface area (Å²) in [6, 6.07) is 18.4. The Hall–Kier alpha value is -3.26. The number of carbonyl (C=O) groups excluding carboxylic acids is 2. The first-order valence-corrected chi connectivity index (χ1v) is 7.83. The van der Waals surface area contributed by atoms with E-state index in [1.54, 1.807) is 0 Å². The van der Waals surface area contributed by atoms with Crippen molar-refractivity contribution in [3.63, 3.8) is 0 Å². The lowest BCUT2D eigenvalue weighted by atomic mass is 10.2. The van der Waals surface area contributed by atoms with Crippen LogP contribution in [0.1, 0.15) is 17.5 Å². The minimum atomic E-state index is -0.780. The summed E-state index contributed by atoms with van der Waals surface area (Å²) in [6.45, 7) is 0.175. The van der Waals surface area contributed by atoms with Gasteiger partial charge in [-0.3, -0.25) is 0 Å². The Balaban J connectivity index is 1.92. The van der Waals surface area contributed by atoms with E-state index in [4.69, 9.17) is 15.9 Å². The Kier molecular flexibility index (Phi) is 7.08. The molecule has 0 heterocycles. The molecule has 0 aliphatic rings. The fourth-order valence-electron chi connectivity index (χ4n) is 2.03. The van der Waals surface area contributed by atoms with E-state index in [-0.39, 0.29) is 26.2 Å². The van der Waals surface area contributed by atoms with Gasteiger partial charge in [0.2, 0.25) is 0 Å². The lowest BCUT2D eigenvalue weighted by molar-refractivity contribution is 0.0706. The topological polar surface area (TPSA) is 55.8 Å². The highest BCUT2D eigenvalue weighted by Crippen LogP contribution is 2.08. The summed E-state index contributed by atoms with van der Waals surface area (Å²) in [4.78, 5) is 25.3. The van der Waals surface area contributed by atoms with Crippen molar-refractivity contribution in [1.29, 1.82) is 0 Å². The first-order valence-electron chi connectivity index (χ1n) is 7.83. The molecule has 0 spiro atoms. The number of hydrogen-bond acceptors (Lipinski definition) is 4. The average Bonchev–Trinajstić information content (AvgIpc) is 2.66. The molecule has 128 valence electrons. The van der Waals surface area contributed by atoms with Crippen molar-refractivity contribution in [3.8, 4) is 12.3 Å². The maximum Gasteiger partial charge on any atom is 0.419 e. The molecule has 0 bridgehead atoms. The summed E-state index contributed by atoms with van der Waals surface area (Å²) >= 11 is 0.